The highest BCUT2D eigenvalue weighted by Gasteiger charge is 2.26. The van der Waals surface area contributed by atoms with Gasteiger partial charge in [0.2, 0.25) is 15.9 Å². The number of halogens is 1. The number of nitrogens with one attached hydrogen (secondary N) is 2. The number of carbonyl (C=O) groups excluding carboxylic acids is 1. The van der Waals surface area contributed by atoms with Crippen molar-refractivity contribution in [2.24, 2.45) is 0 Å². The van der Waals surface area contributed by atoms with Crippen molar-refractivity contribution < 1.29 is 17.6 Å². The van der Waals surface area contributed by atoms with Gasteiger partial charge in [-0.2, -0.15) is 0 Å². The van der Waals surface area contributed by atoms with Crippen LogP contribution in [0.25, 0.3) is 11.3 Å². The lowest BCUT2D eigenvalue weighted by molar-refractivity contribution is -0.122. The van der Waals surface area contributed by atoms with Gasteiger partial charge in [-0.25, -0.2) is 17.5 Å². The Hall–Kier alpha value is -3.10. The Balaban J connectivity index is 1.50. The van der Waals surface area contributed by atoms with Crippen LogP contribution in [-0.4, -0.2) is 26.4 Å². The minimum atomic E-state index is -3.59. The SMILES string of the molecule is CNS(=O)(=O)Cc1ccc(C(C)C(=O)NCc2ccc(C3CC3)nc2-c2cccc(C)c2)cc1F. The van der Waals surface area contributed by atoms with Crippen LogP contribution in [0.5, 0.6) is 0 Å². The molecule has 0 bridgehead atoms. The van der Waals surface area contributed by atoms with Crippen LogP contribution in [-0.2, 0) is 27.1 Å². The predicted molar refractivity (Wildman–Crippen MR) is 135 cm³/mol. The zero-order chi connectivity index (χ0) is 25.2. The number of rotatable bonds is 9. The molecule has 8 heteroatoms. The Morgan fingerprint density at radius 2 is 1.86 bits per heavy atom. The summed E-state index contributed by atoms with van der Waals surface area (Å²) in [5, 5.41) is 2.96. The molecular weight excluding hydrogens is 465 g/mol. The summed E-state index contributed by atoms with van der Waals surface area (Å²) in [5.41, 5.74) is 5.55. The fourth-order valence-corrected chi connectivity index (χ4v) is 4.80. The normalized spacial score (nSPS) is 14.5. The molecule has 1 fully saturated rings. The third-order valence-electron chi connectivity index (χ3n) is 6.37. The minimum absolute atomic E-state index is 0.0559. The average molecular weight is 496 g/mol. The first-order valence-electron chi connectivity index (χ1n) is 11.7. The largest absolute Gasteiger partial charge is 0.351 e. The van der Waals surface area contributed by atoms with Crippen LogP contribution in [0.2, 0.25) is 0 Å². The van der Waals surface area contributed by atoms with Crippen LogP contribution in [0.4, 0.5) is 4.39 Å². The third kappa shape index (κ3) is 6.13. The summed E-state index contributed by atoms with van der Waals surface area (Å²) in [5.74, 6) is -1.45. The number of sulfonamides is 1. The number of hydrogen-bond acceptors (Lipinski definition) is 4. The molecule has 35 heavy (non-hydrogen) atoms. The molecule has 2 N–H and O–H groups in total. The Morgan fingerprint density at radius 3 is 2.51 bits per heavy atom. The van der Waals surface area contributed by atoms with Gasteiger partial charge in [0, 0.05) is 29.3 Å². The maximum atomic E-state index is 14.5. The van der Waals surface area contributed by atoms with Gasteiger partial charge in [-0.15, -0.1) is 0 Å². The van der Waals surface area contributed by atoms with Gasteiger partial charge in [-0.3, -0.25) is 9.78 Å². The van der Waals surface area contributed by atoms with Crippen molar-refractivity contribution >= 4 is 15.9 Å². The number of nitrogens with zero attached hydrogens (tertiary/aromatic N) is 1. The van der Waals surface area contributed by atoms with Gasteiger partial charge in [0.05, 0.1) is 17.4 Å². The van der Waals surface area contributed by atoms with E-state index >= 15 is 0 Å². The van der Waals surface area contributed by atoms with E-state index in [4.69, 9.17) is 4.98 Å². The maximum Gasteiger partial charge on any atom is 0.227 e. The van der Waals surface area contributed by atoms with E-state index in [-0.39, 0.29) is 11.5 Å². The van der Waals surface area contributed by atoms with Crippen molar-refractivity contribution in [2.75, 3.05) is 7.05 Å². The Morgan fingerprint density at radius 1 is 1.11 bits per heavy atom. The molecule has 1 aliphatic rings. The summed E-state index contributed by atoms with van der Waals surface area (Å²) in [4.78, 5) is 17.8. The lowest BCUT2D eigenvalue weighted by Gasteiger charge is -2.16. The van der Waals surface area contributed by atoms with Gasteiger partial charge in [0.1, 0.15) is 5.82 Å². The molecule has 3 aromatic rings. The van der Waals surface area contributed by atoms with Crippen LogP contribution in [0.3, 0.4) is 0 Å². The molecule has 1 unspecified atom stereocenters. The molecule has 0 saturated heterocycles. The molecule has 1 saturated carbocycles. The molecule has 4 rings (SSSR count). The minimum Gasteiger partial charge on any atom is -0.351 e. The molecule has 0 aliphatic heterocycles. The number of amides is 1. The van der Waals surface area contributed by atoms with Crippen LogP contribution in [0.1, 0.15) is 59.5 Å². The van der Waals surface area contributed by atoms with E-state index in [0.717, 1.165) is 40.9 Å². The fourth-order valence-electron chi connectivity index (χ4n) is 4.01. The standard InChI is InChI=1S/C27H30FN3O3S/c1-17-5-4-6-21(13-17)26-22(11-12-25(31-26)19-7-8-19)15-30-27(32)18(2)20-9-10-23(24(28)14-20)16-35(33,34)29-3/h4-6,9-14,18-19,29H,7-8,15-16H2,1-3H3,(H,30,32). The highest BCUT2D eigenvalue weighted by Crippen LogP contribution is 2.40. The van der Waals surface area contributed by atoms with Crippen molar-refractivity contribution in [1.29, 1.82) is 0 Å². The number of carbonyl (C=O) groups is 1. The maximum absolute atomic E-state index is 14.5. The summed E-state index contributed by atoms with van der Waals surface area (Å²) >= 11 is 0. The molecular formula is C27H30FN3O3S. The van der Waals surface area contributed by atoms with E-state index in [2.05, 4.69) is 16.1 Å². The van der Waals surface area contributed by atoms with Crippen molar-refractivity contribution in [2.45, 2.75) is 50.8 Å². The van der Waals surface area contributed by atoms with Crippen LogP contribution in [0, 0.1) is 12.7 Å². The van der Waals surface area contributed by atoms with Crippen molar-refractivity contribution in [3.05, 3.63) is 88.4 Å². The Kier molecular flexibility index (Phi) is 7.33. The molecule has 1 aliphatic carbocycles. The van der Waals surface area contributed by atoms with Gasteiger partial charge in [0.25, 0.3) is 0 Å². The number of hydrogen-bond donors (Lipinski definition) is 2. The van der Waals surface area contributed by atoms with Gasteiger partial charge in [-0.05, 0) is 63.1 Å². The van der Waals surface area contributed by atoms with E-state index < -0.39 is 27.5 Å². The first-order valence-corrected chi connectivity index (χ1v) is 13.4. The molecule has 0 radical (unpaired) electrons. The van der Waals surface area contributed by atoms with Gasteiger partial charge in [0.15, 0.2) is 0 Å². The molecule has 184 valence electrons. The Bertz CT molecular complexity index is 1350. The highest BCUT2D eigenvalue weighted by atomic mass is 32.2. The van der Waals surface area contributed by atoms with Crippen molar-refractivity contribution in [3.8, 4) is 11.3 Å². The summed E-state index contributed by atoms with van der Waals surface area (Å²) in [6.07, 6.45) is 2.31. The van der Waals surface area contributed by atoms with Crippen LogP contribution >= 0.6 is 0 Å². The second-order valence-electron chi connectivity index (χ2n) is 9.14. The summed E-state index contributed by atoms with van der Waals surface area (Å²) in [6.45, 7) is 4.03. The summed E-state index contributed by atoms with van der Waals surface area (Å²) in [6, 6.07) is 16.5. The lowest BCUT2D eigenvalue weighted by atomic mass is 9.98. The van der Waals surface area contributed by atoms with E-state index in [0.29, 0.717) is 18.0 Å². The molecule has 1 heterocycles. The zero-order valence-corrected chi connectivity index (χ0v) is 21.0. The molecule has 1 atom stereocenters. The number of aryl methyl sites for hydroxylation is 1. The van der Waals surface area contributed by atoms with E-state index in [1.165, 1.54) is 19.2 Å². The summed E-state index contributed by atoms with van der Waals surface area (Å²) in [7, 11) is -2.31. The van der Waals surface area contributed by atoms with Crippen molar-refractivity contribution in [1.82, 2.24) is 15.0 Å². The smallest absolute Gasteiger partial charge is 0.227 e. The second kappa shape index (κ2) is 10.3. The highest BCUT2D eigenvalue weighted by molar-refractivity contribution is 7.88. The average Bonchev–Trinajstić information content (AvgIpc) is 3.69. The van der Waals surface area contributed by atoms with Gasteiger partial charge >= 0.3 is 0 Å². The van der Waals surface area contributed by atoms with E-state index in [1.54, 1.807) is 13.0 Å². The van der Waals surface area contributed by atoms with Crippen LogP contribution < -0.4 is 10.0 Å². The number of pyridine rings is 1. The Labute approximate surface area is 206 Å². The molecule has 1 aromatic heterocycles. The monoisotopic (exact) mass is 495 g/mol. The molecule has 0 spiro atoms. The van der Waals surface area contributed by atoms with Gasteiger partial charge < -0.3 is 5.32 Å². The number of benzene rings is 2. The van der Waals surface area contributed by atoms with Gasteiger partial charge in [-0.1, -0.05) is 42.0 Å². The molecule has 2 aromatic carbocycles. The quantitative estimate of drug-likeness (QED) is 0.456. The third-order valence-corrected chi connectivity index (χ3v) is 7.68. The predicted octanol–water partition coefficient (Wildman–Crippen LogP) is 4.54. The molecule has 6 nitrogen and oxygen atoms in total. The van der Waals surface area contributed by atoms with Crippen molar-refractivity contribution in [3.63, 3.8) is 0 Å². The molecule has 1 amide bonds. The summed E-state index contributed by atoms with van der Waals surface area (Å²) < 4.78 is 40.2. The second-order valence-corrected chi connectivity index (χ2v) is 11.1. The number of aromatic nitrogens is 1. The van der Waals surface area contributed by atoms with Crippen LogP contribution in [0.15, 0.2) is 54.6 Å². The first-order chi connectivity index (χ1) is 16.7. The zero-order valence-electron chi connectivity index (χ0n) is 20.1. The lowest BCUT2D eigenvalue weighted by Crippen LogP contribution is -2.28. The van der Waals surface area contributed by atoms with E-state index in [1.807, 2.05) is 37.3 Å². The first kappa shape index (κ1) is 25.0. The topological polar surface area (TPSA) is 88.2 Å². The van der Waals surface area contributed by atoms with E-state index in [9.17, 15) is 17.6 Å². The fraction of sp³-hybridized carbons (Fsp3) is 0.333.